The molecular weight excluding hydrogens is 575 g/mol. The first-order valence-corrected chi connectivity index (χ1v) is 15.5. The summed E-state index contributed by atoms with van der Waals surface area (Å²) in [6.45, 7) is 1.76. The molecule has 2 aliphatic heterocycles. The van der Waals surface area contributed by atoms with Crippen LogP contribution in [0.3, 0.4) is 0 Å². The molecule has 214 valence electrons. The van der Waals surface area contributed by atoms with Gasteiger partial charge in [-0.05, 0) is 35.9 Å². The van der Waals surface area contributed by atoms with Crippen LogP contribution in [0.25, 0.3) is 0 Å². The summed E-state index contributed by atoms with van der Waals surface area (Å²) in [6.07, 6.45) is -2.90. The number of alkyl halides is 3. The third-order valence-electron chi connectivity index (χ3n) is 6.98. The lowest BCUT2D eigenvalue weighted by atomic mass is 10.1. The third kappa shape index (κ3) is 5.92. The number of thioether (sulfide) groups is 1. The molecule has 1 aromatic heterocycles. The molecule has 4 aromatic rings. The Morgan fingerprint density at radius 1 is 0.927 bits per heavy atom. The monoisotopic (exact) mass is 601 g/mol. The molecule has 8 nitrogen and oxygen atoms in total. The van der Waals surface area contributed by atoms with Crippen molar-refractivity contribution in [3.8, 4) is 11.5 Å². The Kier molecular flexibility index (Phi) is 7.43. The Balaban J connectivity index is 1.30. The molecule has 0 amide bonds. The number of hydrogen-bond donors (Lipinski definition) is 0. The summed E-state index contributed by atoms with van der Waals surface area (Å²) in [5.74, 6) is 2.82. The average molecular weight is 602 g/mol. The van der Waals surface area contributed by atoms with Crippen LogP contribution >= 0.6 is 11.8 Å². The van der Waals surface area contributed by atoms with Gasteiger partial charge in [-0.1, -0.05) is 35.5 Å². The molecule has 0 unspecified atom stereocenters. The highest BCUT2D eigenvalue weighted by Crippen LogP contribution is 2.39. The third-order valence-corrected chi connectivity index (χ3v) is 9.76. The fraction of sp³-hybridized carbons (Fsp3) is 0.286. The van der Waals surface area contributed by atoms with E-state index in [1.54, 1.807) is 24.4 Å². The van der Waals surface area contributed by atoms with Crippen molar-refractivity contribution in [1.29, 1.82) is 0 Å². The number of rotatable bonds is 5. The minimum atomic E-state index is -4.45. The Bertz CT molecular complexity index is 1670. The van der Waals surface area contributed by atoms with E-state index in [9.17, 15) is 21.6 Å². The van der Waals surface area contributed by atoms with Crippen molar-refractivity contribution in [2.45, 2.75) is 30.7 Å². The highest BCUT2D eigenvalue weighted by Gasteiger charge is 2.33. The molecule has 0 N–H and O–H groups in total. The normalized spacial score (nSPS) is 17.2. The number of benzene rings is 3. The molecule has 13 heteroatoms. The maximum Gasteiger partial charge on any atom is 0.416 e. The van der Waals surface area contributed by atoms with Gasteiger partial charge < -0.3 is 9.64 Å². The summed E-state index contributed by atoms with van der Waals surface area (Å²) >= 11 is 1.89. The van der Waals surface area contributed by atoms with E-state index in [2.05, 4.69) is 15.2 Å². The van der Waals surface area contributed by atoms with Crippen molar-refractivity contribution in [2.24, 2.45) is 0 Å². The van der Waals surface area contributed by atoms with Gasteiger partial charge in [0, 0.05) is 48.5 Å². The average Bonchev–Trinajstić information content (AvgIpc) is 3.39. The van der Waals surface area contributed by atoms with Crippen molar-refractivity contribution in [3.05, 3.63) is 95.3 Å². The Hall–Kier alpha value is -3.55. The number of fused-ring (bicyclic) bond motifs is 2. The van der Waals surface area contributed by atoms with Crippen molar-refractivity contribution in [1.82, 2.24) is 19.3 Å². The fourth-order valence-electron chi connectivity index (χ4n) is 4.92. The number of sulfonamides is 1. The first kappa shape index (κ1) is 27.6. The second-order valence-electron chi connectivity index (χ2n) is 9.82. The van der Waals surface area contributed by atoms with Crippen LogP contribution in [-0.2, 0) is 35.8 Å². The van der Waals surface area contributed by atoms with Gasteiger partial charge in [-0.2, -0.15) is 29.2 Å². The summed E-state index contributed by atoms with van der Waals surface area (Å²) < 4.78 is 76.2. The zero-order chi connectivity index (χ0) is 28.6. The minimum absolute atomic E-state index is 0.0452. The van der Waals surface area contributed by atoms with Gasteiger partial charge in [0.15, 0.2) is 0 Å². The summed E-state index contributed by atoms with van der Waals surface area (Å²) in [5, 5.41) is 8.17. The molecule has 3 aromatic carbocycles. The van der Waals surface area contributed by atoms with Crippen LogP contribution in [0.2, 0.25) is 0 Å². The maximum absolute atomic E-state index is 14.0. The summed E-state index contributed by atoms with van der Waals surface area (Å²) in [7, 11) is -4.02. The van der Waals surface area contributed by atoms with Gasteiger partial charge in [0.25, 0.3) is 0 Å². The lowest BCUT2D eigenvalue weighted by Gasteiger charge is -2.30. The van der Waals surface area contributed by atoms with Crippen LogP contribution in [0.1, 0.15) is 22.4 Å². The van der Waals surface area contributed by atoms with Crippen LogP contribution in [0, 0.1) is 0 Å². The molecular formula is C28H26F3N5O3S2. The lowest BCUT2D eigenvalue weighted by molar-refractivity contribution is -0.137. The van der Waals surface area contributed by atoms with Crippen LogP contribution in [0.5, 0.6) is 11.5 Å². The summed E-state index contributed by atoms with van der Waals surface area (Å²) in [5.41, 5.74) is 1.62. The van der Waals surface area contributed by atoms with Crippen LogP contribution in [0.15, 0.2) is 77.8 Å². The number of nitrogens with zero attached hydrogens (tertiary/aromatic N) is 5. The maximum atomic E-state index is 14.0. The minimum Gasteiger partial charge on any atom is -0.456 e. The summed E-state index contributed by atoms with van der Waals surface area (Å²) in [4.78, 5) is 2.27. The van der Waals surface area contributed by atoms with Gasteiger partial charge in [-0.15, -0.1) is 5.10 Å². The number of hydrogen-bond acceptors (Lipinski definition) is 7. The largest absolute Gasteiger partial charge is 0.456 e. The highest BCUT2D eigenvalue weighted by atomic mass is 32.2. The quantitative estimate of drug-likeness (QED) is 0.303. The Morgan fingerprint density at radius 3 is 2.54 bits per heavy atom. The lowest BCUT2D eigenvalue weighted by Crippen LogP contribution is -2.33. The zero-order valence-corrected chi connectivity index (χ0v) is 23.4. The predicted molar refractivity (Wildman–Crippen MR) is 149 cm³/mol. The Morgan fingerprint density at radius 2 is 1.73 bits per heavy atom. The van der Waals surface area contributed by atoms with Crippen molar-refractivity contribution in [2.75, 3.05) is 29.5 Å². The zero-order valence-electron chi connectivity index (χ0n) is 21.8. The smallest absolute Gasteiger partial charge is 0.416 e. The number of para-hydroxylation sites is 1. The molecule has 6 rings (SSSR count). The molecule has 41 heavy (non-hydrogen) atoms. The topological polar surface area (TPSA) is 80.6 Å². The molecule has 0 spiro atoms. The number of halogens is 3. The van der Waals surface area contributed by atoms with E-state index in [-0.39, 0.29) is 30.3 Å². The molecule has 1 saturated heterocycles. The molecule has 0 atom stereocenters. The number of anilines is 1. The van der Waals surface area contributed by atoms with Crippen molar-refractivity contribution >= 4 is 27.5 Å². The van der Waals surface area contributed by atoms with Gasteiger partial charge >= 0.3 is 6.18 Å². The van der Waals surface area contributed by atoms with E-state index in [1.165, 1.54) is 15.1 Å². The number of aromatic nitrogens is 3. The molecule has 0 bridgehead atoms. The van der Waals surface area contributed by atoms with Crippen LogP contribution < -0.4 is 9.64 Å². The van der Waals surface area contributed by atoms with Gasteiger partial charge in [-0.25, -0.2) is 13.1 Å². The summed E-state index contributed by atoms with van der Waals surface area (Å²) in [6, 6.07) is 17.5. The standard InChI is InChI=1S/C28H26F3N5O3S2/c29-28(30,31)22-6-3-4-20(14-22)16-35-18-23(32-33-35)19-36-17-21-5-1-2-7-25(21)39-26-15-24(34-10-12-40-13-11-34)8-9-27(26)41(36,37)38/h1-9,14-15,18H,10-13,16-17,19H2. The van der Waals surface area contributed by atoms with E-state index < -0.39 is 21.8 Å². The number of ether oxygens (including phenoxy) is 1. The Labute approximate surface area is 239 Å². The van der Waals surface area contributed by atoms with Gasteiger partial charge in [0.2, 0.25) is 10.0 Å². The van der Waals surface area contributed by atoms with E-state index in [0.717, 1.165) is 42.4 Å². The van der Waals surface area contributed by atoms with E-state index in [1.807, 2.05) is 42.1 Å². The predicted octanol–water partition coefficient (Wildman–Crippen LogP) is 5.40. The first-order chi connectivity index (χ1) is 19.7. The van der Waals surface area contributed by atoms with Gasteiger partial charge in [0.05, 0.1) is 30.5 Å². The second kappa shape index (κ2) is 11.0. The van der Waals surface area contributed by atoms with Crippen molar-refractivity contribution < 1.29 is 26.3 Å². The highest BCUT2D eigenvalue weighted by molar-refractivity contribution is 7.99. The van der Waals surface area contributed by atoms with Crippen LogP contribution in [0.4, 0.5) is 18.9 Å². The molecule has 0 radical (unpaired) electrons. The first-order valence-electron chi connectivity index (χ1n) is 12.9. The molecule has 2 aliphatic rings. The molecule has 0 saturated carbocycles. The van der Waals surface area contributed by atoms with Crippen molar-refractivity contribution in [3.63, 3.8) is 0 Å². The van der Waals surface area contributed by atoms with E-state index >= 15 is 0 Å². The van der Waals surface area contributed by atoms with Gasteiger partial charge in [-0.3, -0.25) is 0 Å². The fourth-order valence-corrected chi connectivity index (χ4v) is 7.30. The second-order valence-corrected chi connectivity index (χ2v) is 13.0. The van der Waals surface area contributed by atoms with E-state index in [4.69, 9.17) is 4.74 Å². The molecule has 0 aliphatic carbocycles. The SMILES string of the molecule is O=S1(=O)c2ccc(N3CCSCC3)cc2Oc2ccccc2CN1Cc1cn(Cc2cccc(C(F)(F)F)c2)nn1. The van der Waals surface area contributed by atoms with E-state index in [0.29, 0.717) is 22.6 Å². The van der Waals surface area contributed by atoms with Gasteiger partial charge in [0.1, 0.15) is 16.4 Å². The van der Waals surface area contributed by atoms with Crippen LogP contribution in [-0.4, -0.2) is 52.3 Å². The molecule has 1 fully saturated rings. The molecule has 3 heterocycles.